The molecule has 2 aromatic rings. The van der Waals surface area contributed by atoms with E-state index in [2.05, 4.69) is 0 Å². The summed E-state index contributed by atoms with van der Waals surface area (Å²) in [6.45, 7) is 0.191. The maximum absolute atomic E-state index is 12.8. The number of hydrogen-bond donors (Lipinski definition) is 1. The first-order valence-corrected chi connectivity index (χ1v) is 9.91. The number of nitrogens with one attached hydrogen (secondary N) is 1. The van der Waals surface area contributed by atoms with Crippen LogP contribution in [-0.2, 0) is 32.6 Å². The summed E-state index contributed by atoms with van der Waals surface area (Å²) < 4.78 is 26.9. The summed E-state index contributed by atoms with van der Waals surface area (Å²) in [4.78, 5) is 24.3. The number of hydrogen-bond acceptors (Lipinski definition) is 4. The molecule has 1 aliphatic heterocycles. The van der Waals surface area contributed by atoms with Crippen molar-refractivity contribution in [2.45, 2.75) is 19.3 Å². The number of rotatable bonds is 6. The van der Waals surface area contributed by atoms with Gasteiger partial charge in [0.2, 0.25) is 0 Å². The van der Waals surface area contributed by atoms with Gasteiger partial charge in [-0.1, -0.05) is 60.7 Å². The first kappa shape index (κ1) is 18.3. The highest BCUT2D eigenvalue weighted by molar-refractivity contribution is 7.85. The van der Waals surface area contributed by atoms with Gasteiger partial charge in [0.1, 0.15) is 19.5 Å². The van der Waals surface area contributed by atoms with Crippen LogP contribution in [0.15, 0.2) is 60.7 Å². The molecule has 1 N–H and O–H groups in total. The summed E-state index contributed by atoms with van der Waals surface area (Å²) in [5, 5.41) is 0. The minimum atomic E-state index is -4.14. The third-order valence-electron chi connectivity index (χ3n) is 4.68. The molecule has 1 fully saturated rings. The van der Waals surface area contributed by atoms with E-state index in [4.69, 9.17) is 0 Å². The van der Waals surface area contributed by atoms with E-state index in [1.807, 2.05) is 65.4 Å². The van der Waals surface area contributed by atoms with E-state index in [1.165, 1.54) is 0 Å². The molecule has 0 aromatic heterocycles. The van der Waals surface area contributed by atoms with Crippen LogP contribution in [0.1, 0.15) is 17.5 Å². The average molecular weight is 373 g/mol. The van der Waals surface area contributed by atoms with Crippen molar-refractivity contribution in [1.82, 2.24) is 4.72 Å². The standard InChI is InChI=1S/C19H20N2O4S/c22-18-15-19(23)21(26(24,25)20-18,13-11-16-7-3-1-4-8-16)14-12-17-9-5-2-6-10-17/h1-10H,11-15H2/p+1. The van der Waals surface area contributed by atoms with Crippen molar-refractivity contribution in [2.24, 2.45) is 0 Å². The minimum Gasteiger partial charge on any atom is -0.273 e. The molecule has 1 aliphatic rings. The van der Waals surface area contributed by atoms with Gasteiger partial charge in [-0.15, -0.1) is 3.89 Å². The van der Waals surface area contributed by atoms with Gasteiger partial charge in [-0.3, -0.25) is 4.79 Å². The number of amides is 2. The molecule has 3 rings (SSSR count). The number of nitrogens with zero attached hydrogens (tertiary/aromatic N) is 1. The summed E-state index contributed by atoms with van der Waals surface area (Å²) in [7, 11) is -4.14. The molecule has 7 heteroatoms. The highest BCUT2D eigenvalue weighted by atomic mass is 32.2. The van der Waals surface area contributed by atoms with Crippen LogP contribution in [0.25, 0.3) is 0 Å². The van der Waals surface area contributed by atoms with Gasteiger partial charge >= 0.3 is 16.1 Å². The Hall–Kier alpha value is -2.51. The van der Waals surface area contributed by atoms with Gasteiger partial charge in [-0.2, -0.15) is 8.42 Å². The lowest BCUT2D eigenvalue weighted by Gasteiger charge is -2.36. The van der Waals surface area contributed by atoms with Crippen molar-refractivity contribution >= 4 is 22.0 Å². The lowest BCUT2D eigenvalue weighted by molar-refractivity contribution is -0.729. The van der Waals surface area contributed by atoms with Gasteiger partial charge in [0, 0.05) is 12.8 Å². The Bertz CT molecular complexity index is 852. The van der Waals surface area contributed by atoms with Crippen molar-refractivity contribution in [3.05, 3.63) is 71.8 Å². The predicted octanol–water partition coefficient (Wildman–Crippen LogP) is 1.58. The molecule has 0 bridgehead atoms. The molecule has 1 saturated heterocycles. The highest BCUT2D eigenvalue weighted by Gasteiger charge is 2.53. The number of benzene rings is 2. The summed E-state index contributed by atoms with van der Waals surface area (Å²) in [6, 6.07) is 18.8. The second-order valence-electron chi connectivity index (χ2n) is 6.38. The first-order chi connectivity index (χ1) is 12.4. The zero-order valence-corrected chi connectivity index (χ0v) is 15.1. The number of carbonyl (C=O) groups excluding carboxylic acids is 2. The van der Waals surface area contributed by atoms with Crippen LogP contribution in [0, 0.1) is 0 Å². The molecule has 0 spiro atoms. The molecule has 0 saturated carbocycles. The Morgan fingerprint density at radius 1 is 0.808 bits per heavy atom. The van der Waals surface area contributed by atoms with Gasteiger partial charge in [-0.25, -0.2) is 9.52 Å². The molecule has 1 heterocycles. The SMILES string of the molecule is O=C1CC(=O)[N+](CCc2ccccc2)(CCc2ccccc2)S(=O)(=O)N1. The average Bonchev–Trinajstić information content (AvgIpc) is 2.62. The van der Waals surface area contributed by atoms with Gasteiger partial charge in [0.25, 0.3) is 5.91 Å². The second-order valence-corrected chi connectivity index (χ2v) is 8.23. The fourth-order valence-electron chi connectivity index (χ4n) is 3.19. The molecule has 0 atom stereocenters. The smallest absolute Gasteiger partial charge is 0.273 e. The third-order valence-corrected chi connectivity index (χ3v) is 6.65. The summed E-state index contributed by atoms with van der Waals surface area (Å²) in [6.07, 6.45) is 0.440. The Morgan fingerprint density at radius 2 is 1.27 bits per heavy atom. The normalized spacial score (nSPS) is 18.3. The summed E-state index contributed by atoms with van der Waals surface area (Å²) in [5.74, 6) is -1.33. The number of quaternary nitrogens is 1. The van der Waals surface area contributed by atoms with Crippen molar-refractivity contribution in [3.63, 3.8) is 0 Å². The molecule has 2 amide bonds. The maximum atomic E-state index is 12.8. The van der Waals surface area contributed by atoms with Crippen molar-refractivity contribution in [2.75, 3.05) is 13.1 Å². The van der Waals surface area contributed by atoms with Crippen molar-refractivity contribution < 1.29 is 21.9 Å². The van der Waals surface area contributed by atoms with Gasteiger partial charge < -0.3 is 0 Å². The van der Waals surface area contributed by atoms with Crippen LogP contribution < -0.4 is 4.72 Å². The van der Waals surface area contributed by atoms with E-state index < -0.39 is 32.3 Å². The maximum Gasteiger partial charge on any atom is 0.403 e. The molecular weight excluding hydrogens is 352 g/mol. The molecular formula is C19H21N2O4S+. The second kappa shape index (κ2) is 7.39. The van der Waals surface area contributed by atoms with Crippen LogP contribution in [-0.4, -0.2) is 37.2 Å². The lowest BCUT2D eigenvalue weighted by Crippen LogP contribution is -2.67. The Balaban J connectivity index is 1.89. The van der Waals surface area contributed by atoms with Crippen molar-refractivity contribution in [1.29, 1.82) is 0 Å². The third kappa shape index (κ3) is 3.68. The topological polar surface area (TPSA) is 80.3 Å². The quantitative estimate of drug-likeness (QED) is 0.616. The molecule has 2 aromatic carbocycles. The molecule has 0 radical (unpaired) electrons. The predicted molar refractivity (Wildman–Crippen MR) is 97.0 cm³/mol. The van der Waals surface area contributed by atoms with E-state index in [1.54, 1.807) is 0 Å². The number of carbonyl (C=O) groups is 2. The Kier molecular flexibility index (Phi) is 5.20. The van der Waals surface area contributed by atoms with Gasteiger partial charge in [-0.05, 0) is 11.1 Å². The molecule has 26 heavy (non-hydrogen) atoms. The molecule has 0 unspecified atom stereocenters. The van der Waals surface area contributed by atoms with E-state index in [0.717, 1.165) is 11.1 Å². The van der Waals surface area contributed by atoms with Gasteiger partial charge in [0.05, 0.1) is 0 Å². The van der Waals surface area contributed by atoms with E-state index in [0.29, 0.717) is 12.8 Å². The largest absolute Gasteiger partial charge is 0.403 e. The van der Waals surface area contributed by atoms with Crippen LogP contribution in [0.4, 0.5) is 0 Å². The summed E-state index contributed by atoms with van der Waals surface area (Å²) in [5.41, 5.74) is 1.90. The van der Waals surface area contributed by atoms with E-state index in [9.17, 15) is 18.0 Å². The Morgan fingerprint density at radius 3 is 1.69 bits per heavy atom. The molecule has 136 valence electrons. The minimum absolute atomic E-state index is 0.0955. The fourth-order valence-corrected chi connectivity index (χ4v) is 4.72. The van der Waals surface area contributed by atoms with Gasteiger partial charge in [0.15, 0.2) is 0 Å². The van der Waals surface area contributed by atoms with E-state index >= 15 is 0 Å². The van der Waals surface area contributed by atoms with E-state index in [-0.39, 0.29) is 13.1 Å². The van der Waals surface area contributed by atoms with Crippen LogP contribution in [0.2, 0.25) is 0 Å². The van der Waals surface area contributed by atoms with Crippen LogP contribution in [0.3, 0.4) is 0 Å². The highest BCUT2D eigenvalue weighted by Crippen LogP contribution is 2.24. The lowest BCUT2D eigenvalue weighted by atomic mass is 10.1. The van der Waals surface area contributed by atoms with Crippen LogP contribution >= 0.6 is 0 Å². The van der Waals surface area contributed by atoms with Crippen molar-refractivity contribution in [3.8, 4) is 0 Å². The fraction of sp³-hybridized carbons (Fsp3) is 0.263. The first-order valence-electron chi connectivity index (χ1n) is 8.47. The molecule has 0 aliphatic carbocycles. The van der Waals surface area contributed by atoms with Crippen LogP contribution in [0.5, 0.6) is 0 Å². The Labute approximate surface area is 153 Å². The zero-order chi connectivity index (χ0) is 18.6. The molecule has 6 nitrogen and oxygen atoms in total. The monoisotopic (exact) mass is 373 g/mol. The zero-order valence-electron chi connectivity index (χ0n) is 14.3. The summed E-state index contributed by atoms with van der Waals surface area (Å²) >= 11 is 0.